The third-order valence-electron chi connectivity index (χ3n) is 5.75. The van der Waals surface area contributed by atoms with Crippen molar-refractivity contribution in [1.29, 1.82) is 0 Å². The van der Waals surface area contributed by atoms with Crippen LogP contribution in [0.1, 0.15) is 70.6 Å². The number of nitrogens with zero attached hydrogens (tertiary/aromatic N) is 1. The zero-order chi connectivity index (χ0) is 13.8. The Balaban J connectivity index is 1.52. The first-order chi connectivity index (χ1) is 9.81. The van der Waals surface area contributed by atoms with Gasteiger partial charge in [-0.25, -0.2) is 0 Å². The minimum atomic E-state index is 0.255. The molecule has 0 bridgehead atoms. The van der Waals surface area contributed by atoms with E-state index in [2.05, 4.69) is 4.90 Å². The van der Waals surface area contributed by atoms with E-state index in [1.165, 1.54) is 70.8 Å². The van der Waals surface area contributed by atoms with Crippen LogP contribution in [0.15, 0.2) is 0 Å². The minimum absolute atomic E-state index is 0.255. The second kappa shape index (κ2) is 6.76. The van der Waals surface area contributed by atoms with Crippen molar-refractivity contribution in [1.82, 2.24) is 4.90 Å². The van der Waals surface area contributed by atoms with E-state index in [4.69, 9.17) is 4.74 Å². The molecule has 3 aliphatic rings. The number of ether oxygens (including phenoxy) is 1. The monoisotopic (exact) mass is 281 g/mol. The van der Waals surface area contributed by atoms with E-state index in [-0.39, 0.29) is 5.60 Å². The number of rotatable bonds is 4. The molecule has 3 nitrogen and oxygen atoms in total. The van der Waals surface area contributed by atoms with Crippen molar-refractivity contribution in [3.8, 4) is 0 Å². The van der Waals surface area contributed by atoms with Gasteiger partial charge in [0.2, 0.25) is 0 Å². The summed E-state index contributed by atoms with van der Waals surface area (Å²) in [5.41, 5.74) is 0.255. The first kappa shape index (κ1) is 14.8. The van der Waals surface area contributed by atoms with E-state index in [0.29, 0.717) is 18.8 Å². The maximum absolute atomic E-state index is 9.24. The number of aliphatic hydroxyl groups is 1. The van der Waals surface area contributed by atoms with Crippen molar-refractivity contribution in [2.24, 2.45) is 0 Å². The fourth-order valence-corrected chi connectivity index (χ4v) is 4.63. The SMILES string of the molecule is OCCC1CCCCN1CC1CCC2(CCCCC2)O1. The van der Waals surface area contributed by atoms with Crippen LogP contribution in [0.2, 0.25) is 0 Å². The van der Waals surface area contributed by atoms with E-state index in [1.54, 1.807) is 0 Å². The van der Waals surface area contributed by atoms with Crippen LogP contribution < -0.4 is 0 Å². The molecule has 3 fully saturated rings. The maximum Gasteiger partial charge on any atom is 0.0710 e. The molecule has 1 spiro atoms. The Morgan fingerprint density at radius 1 is 1.00 bits per heavy atom. The topological polar surface area (TPSA) is 32.7 Å². The quantitative estimate of drug-likeness (QED) is 0.859. The van der Waals surface area contributed by atoms with Gasteiger partial charge in [0.1, 0.15) is 0 Å². The van der Waals surface area contributed by atoms with Crippen LogP contribution in [-0.4, -0.2) is 47.4 Å². The van der Waals surface area contributed by atoms with E-state index in [9.17, 15) is 5.11 Å². The van der Waals surface area contributed by atoms with Crippen molar-refractivity contribution >= 4 is 0 Å². The third-order valence-corrected chi connectivity index (χ3v) is 5.75. The zero-order valence-corrected chi connectivity index (χ0v) is 12.9. The molecule has 2 heterocycles. The maximum atomic E-state index is 9.24. The van der Waals surface area contributed by atoms with Gasteiger partial charge in [0, 0.05) is 19.2 Å². The van der Waals surface area contributed by atoms with Crippen molar-refractivity contribution < 1.29 is 9.84 Å². The molecular formula is C17H31NO2. The first-order valence-corrected chi connectivity index (χ1v) is 8.84. The highest BCUT2D eigenvalue weighted by Gasteiger charge is 2.41. The van der Waals surface area contributed by atoms with Gasteiger partial charge in [-0.2, -0.15) is 0 Å². The average molecular weight is 281 g/mol. The van der Waals surface area contributed by atoms with E-state index in [0.717, 1.165) is 13.0 Å². The molecule has 20 heavy (non-hydrogen) atoms. The molecule has 2 unspecified atom stereocenters. The molecule has 2 aliphatic heterocycles. The molecule has 1 aliphatic carbocycles. The van der Waals surface area contributed by atoms with E-state index >= 15 is 0 Å². The molecule has 3 rings (SSSR count). The Morgan fingerprint density at radius 2 is 1.85 bits per heavy atom. The molecule has 116 valence electrons. The lowest BCUT2D eigenvalue weighted by Crippen LogP contribution is -2.44. The summed E-state index contributed by atoms with van der Waals surface area (Å²) in [6, 6.07) is 0.597. The number of piperidine rings is 1. The third kappa shape index (κ3) is 3.37. The van der Waals surface area contributed by atoms with Gasteiger partial charge < -0.3 is 9.84 Å². The van der Waals surface area contributed by atoms with Crippen molar-refractivity contribution in [2.75, 3.05) is 19.7 Å². The van der Waals surface area contributed by atoms with Crippen LogP contribution in [0.5, 0.6) is 0 Å². The summed E-state index contributed by atoms with van der Waals surface area (Å²) >= 11 is 0. The standard InChI is InChI=1S/C17H31NO2/c19-13-8-15-6-2-5-12-18(15)14-16-7-11-17(20-16)9-3-1-4-10-17/h15-16,19H,1-14H2. The number of hydrogen-bond donors (Lipinski definition) is 1. The Labute approximate surface area is 123 Å². The summed E-state index contributed by atoms with van der Waals surface area (Å²) < 4.78 is 6.51. The first-order valence-electron chi connectivity index (χ1n) is 8.84. The lowest BCUT2D eigenvalue weighted by atomic mass is 9.83. The Bertz CT molecular complexity index is 299. The normalized spacial score (nSPS) is 34.6. The lowest BCUT2D eigenvalue weighted by molar-refractivity contribution is -0.0773. The summed E-state index contributed by atoms with van der Waals surface area (Å²) in [5, 5.41) is 9.24. The molecule has 2 atom stereocenters. The second-order valence-electron chi connectivity index (χ2n) is 7.18. The van der Waals surface area contributed by atoms with Crippen molar-refractivity contribution in [3.05, 3.63) is 0 Å². The van der Waals surface area contributed by atoms with Crippen LogP contribution in [0.4, 0.5) is 0 Å². The molecule has 0 aromatic heterocycles. The van der Waals surface area contributed by atoms with Gasteiger partial charge in [-0.05, 0) is 51.5 Å². The highest BCUT2D eigenvalue weighted by molar-refractivity contribution is 4.92. The van der Waals surface area contributed by atoms with Crippen LogP contribution in [0.25, 0.3) is 0 Å². The molecule has 0 aromatic rings. The van der Waals surface area contributed by atoms with Gasteiger partial charge in [0.05, 0.1) is 11.7 Å². The van der Waals surface area contributed by atoms with Crippen LogP contribution in [-0.2, 0) is 4.74 Å². The molecule has 0 amide bonds. The number of hydrogen-bond acceptors (Lipinski definition) is 3. The van der Waals surface area contributed by atoms with Gasteiger partial charge in [-0.3, -0.25) is 4.90 Å². The highest BCUT2D eigenvalue weighted by Crippen LogP contribution is 2.42. The smallest absolute Gasteiger partial charge is 0.0710 e. The van der Waals surface area contributed by atoms with Gasteiger partial charge >= 0.3 is 0 Å². The largest absolute Gasteiger partial charge is 0.396 e. The fourth-order valence-electron chi connectivity index (χ4n) is 4.63. The van der Waals surface area contributed by atoms with E-state index < -0.39 is 0 Å². The second-order valence-corrected chi connectivity index (χ2v) is 7.18. The Kier molecular flexibility index (Phi) is 5.00. The lowest BCUT2D eigenvalue weighted by Gasteiger charge is -2.38. The number of likely N-dealkylation sites (tertiary alicyclic amines) is 1. The molecule has 2 saturated heterocycles. The summed E-state index contributed by atoms with van der Waals surface area (Å²) in [6.45, 7) is 2.64. The summed E-state index contributed by atoms with van der Waals surface area (Å²) in [7, 11) is 0. The molecule has 1 saturated carbocycles. The predicted molar refractivity (Wildman–Crippen MR) is 80.8 cm³/mol. The van der Waals surface area contributed by atoms with Gasteiger partial charge in [-0.1, -0.05) is 25.7 Å². The van der Waals surface area contributed by atoms with E-state index in [1.807, 2.05) is 0 Å². The van der Waals surface area contributed by atoms with Gasteiger partial charge in [0.15, 0.2) is 0 Å². The Morgan fingerprint density at radius 3 is 2.65 bits per heavy atom. The molecule has 3 heteroatoms. The highest BCUT2D eigenvalue weighted by atomic mass is 16.5. The zero-order valence-electron chi connectivity index (χ0n) is 12.9. The minimum Gasteiger partial charge on any atom is -0.396 e. The average Bonchev–Trinajstić information content (AvgIpc) is 2.85. The van der Waals surface area contributed by atoms with Crippen LogP contribution in [0.3, 0.4) is 0 Å². The predicted octanol–water partition coefficient (Wildman–Crippen LogP) is 3.11. The molecule has 0 aromatic carbocycles. The van der Waals surface area contributed by atoms with Gasteiger partial charge in [-0.15, -0.1) is 0 Å². The number of aliphatic hydroxyl groups excluding tert-OH is 1. The van der Waals surface area contributed by atoms with Crippen LogP contribution >= 0.6 is 0 Å². The van der Waals surface area contributed by atoms with Crippen molar-refractivity contribution in [2.45, 2.75) is 88.4 Å². The summed E-state index contributed by atoms with van der Waals surface area (Å²) in [5.74, 6) is 0. The summed E-state index contributed by atoms with van der Waals surface area (Å²) in [6.07, 6.45) is 14.6. The molecular weight excluding hydrogens is 250 g/mol. The Hall–Kier alpha value is -0.120. The van der Waals surface area contributed by atoms with Gasteiger partial charge in [0.25, 0.3) is 0 Å². The molecule has 0 radical (unpaired) electrons. The summed E-state index contributed by atoms with van der Waals surface area (Å²) in [4.78, 5) is 2.60. The molecule has 1 N–H and O–H groups in total. The fraction of sp³-hybridized carbons (Fsp3) is 1.00. The van der Waals surface area contributed by atoms with Crippen molar-refractivity contribution in [3.63, 3.8) is 0 Å². The van der Waals surface area contributed by atoms with Crippen LogP contribution in [0, 0.1) is 0 Å².